The largest absolute Gasteiger partial charge is 0.329 e. The maximum atomic E-state index is 13.0. The highest BCUT2D eigenvalue weighted by molar-refractivity contribution is 8.13. The first kappa shape index (κ1) is 71.6. The van der Waals surface area contributed by atoms with Crippen LogP contribution in [-0.4, -0.2) is 110 Å². The van der Waals surface area contributed by atoms with Crippen molar-refractivity contribution < 1.29 is 16.8 Å². The van der Waals surface area contributed by atoms with Crippen molar-refractivity contribution in [1.29, 1.82) is 0 Å². The van der Waals surface area contributed by atoms with Gasteiger partial charge in [0.2, 0.25) is 10.0 Å². The minimum Gasteiger partial charge on any atom is -0.329 e. The molecular formula is C58H90Cl2N7O4PS3. The van der Waals surface area contributed by atoms with Gasteiger partial charge < -0.3 is 27.0 Å². The van der Waals surface area contributed by atoms with Gasteiger partial charge >= 0.3 is 0 Å². The number of halogens is 2. The van der Waals surface area contributed by atoms with Crippen LogP contribution in [0.4, 0.5) is 0 Å². The molecule has 0 unspecified atom stereocenters. The summed E-state index contributed by atoms with van der Waals surface area (Å²) in [6.07, 6.45) is 0. The molecule has 6 aromatic carbocycles. The number of rotatable bonds is 18. The van der Waals surface area contributed by atoms with E-state index in [1.807, 2.05) is 61.6 Å². The van der Waals surface area contributed by atoms with Crippen LogP contribution in [0.1, 0.15) is 91.5 Å². The van der Waals surface area contributed by atoms with Gasteiger partial charge in [0.15, 0.2) is 0 Å². The van der Waals surface area contributed by atoms with Crippen LogP contribution in [0.25, 0.3) is 21.5 Å². The molecule has 0 saturated carbocycles. The van der Waals surface area contributed by atoms with Gasteiger partial charge in [-0.2, -0.15) is 4.31 Å². The Balaban J connectivity index is 0.000000964. The number of nitrogens with two attached hydrogens (primary N) is 2. The van der Waals surface area contributed by atoms with E-state index in [1.54, 1.807) is 31.3 Å². The zero-order chi connectivity index (χ0) is 56.0. The van der Waals surface area contributed by atoms with E-state index >= 15 is 0 Å². The fourth-order valence-electron chi connectivity index (χ4n) is 7.60. The molecule has 6 aromatic rings. The smallest absolute Gasteiger partial charge is 0.261 e. The predicted octanol–water partition coefficient (Wildman–Crippen LogP) is 11.6. The normalized spacial score (nSPS) is 11.4. The SMILES string of the molecule is CC(C)(C)c1ccc(S(=O)(=O)Cl)cc1.CCN(CC)CC.CCNCCN(CCN)CCN.CN(Cc1cccc2ccccc12)S(=O)(=O)c1ccc(C(C)(C)C)cc1.CNCc1cccc2ccccc12.Cl.P=S. The molecule has 0 aliphatic rings. The lowest BCUT2D eigenvalue weighted by atomic mass is 9.87. The van der Waals surface area contributed by atoms with Crippen molar-refractivity contribution in [3.8, 4) is 0 Å². The van der Waals surface area contributed by atoms with Crippen LogP contribution in [0.3, 0.4) is 0 Å². The first-order chi connectivity index (χ1) is 35.0. The number of sulfonamides is 1. The summed E-state index contributed by atoms with van der Waals surface area (Å²) in [5, 5.41) is 11.3. The fraction of sp³-hybridized carbons (Fsp3) is 0.448. The number of hydrogen-bond donors (Lipinski definition) is 4. The summed E-state index contributed by atoms with van der Waals surface area (Å²) in [5.41, 5.74) is 15.5. The van der Waals surface area contributed by atoms with Gasteiger partial charge in [0.05, 0.1) is 9.79 Å². The van der Waals surface area contributed by atoms with Crippen LogP contribution in [0, 0.1) is 0 Å². The topological polar surface area (TPSA) is 154 Å². The van der Waals surface area contributed by atoms with Crippen molar-refractivity contribution in [1.82, 2.24) is 24.7 Å². The standard InChI is InChI=1S/C22H25NO2S.C12H13N.C10H13ClO2S.C8H22N4.C6H15N.ClH.HPS/c1-22(2,3)19-12-14-20(15-13-19)26(24,25)23(4)16-18-10-7-9-17-8-5-6-11-21(17)18;1-13-9-11-7-4-6-10-5-2-3-8-12(10)11;1-10(2,3)8-4-6-9(7-5-8)14(11,12)13;1-2-11-5-8-12(6-3-9)7-4-10;1-4-7(5-2)6-3;;1-2/h5-15H,16H2,1-4H3;2-8,13H,9H2,1H3;4-7H,1-3H3;11H,2-10H2,1H3;4-6H2,1-3H3;1H;1H. The Hall–Kier alpha value is -3.44. The Bertz CT molecular complexity index is 2680. The monoisotopic (exact) mass is 1150 g/mol. The minimum atomic E-state index is -3.59. The average molecular weight is 1150 g/mol. The van der Waals surface area contributed by atoms with Crippen molar-refractivity contribution in [2.45, 2.75) is 103 Å². The number of hydrogen-bond acceptors (Lipinski definition) is 11. The first-order valence-electron chi connectivity index (χ1n) is 25.5. The van der Waals surface area contributed by atoms with E-state index in [1.165, 1.54) is 52.4 Å². The summed E-state index contributed by atoms with van der Waals surface area (Å²) >= 11 is 3.89. The second-order valence-electron chi connectivity index (χ2n) is 19.4. The minimum absolute atomic E-state index is 0. The van der Waals surface area contributed by atoms with Crippen molar-refractivity contribution in [3.63, 3.8) is 0 Å². The molecule has 0 aliphatic carbocycles. The molecule has 0 aromatic heterocycles. The highest BCUT2D eigenvalue weighted by Gasteiger charge is 2.23. The second-order valence-corrected chi connectivity index (χ2v) is 24.1. The molecular weight excluding hydrogens is 1060 g/mol. The van der Waals surface area contributed by atoms with Gasteiger partial charge in [0.25, 0.3) is 9.05 Å². The lowest BCUT2D eigenvalue weighted by Crippen LogP contribution is -2.38. The molecule has 0 bridgehead atoms. The van der Waals surface area contributed by atoms with Gasteiger partial charge in [-0.05, 0) is 120 Å². The first-order valence-corrected chi connectivity index (χ1v) is 30.9. The van der Waals surface area contributed by atoms with E-state index in [9.17, 15) is 16.8 Å². The molecule has 0 heterocycles. The van der Waals surface area contributed by atoms with Gasteiger partial charge in [-0.25, -0.2) is 16.8 Å². The highest BCUT2D eigenvalue weighted by Crippen LogP contribution is 2.27. The van der Waals surface area contributed by atoms with Crippen molar-refractivity contribution in [3.05, 3.63) is 156 Å². The van der Waals surface area contributed by atoms with Crippen molar-refractivity contribution >= 4 is 83.5 Å². The molecule has 0 spiro atoms. The molecule has 0 aliphatic heterocycles. The van der Waals surface area contributed by atoms with Crippen LogP contribution >= 0.6 is 31.1 Å². The Morgan fingerprint density at radius 1 is 0.573 bits per heavy atom. The Labute approximate surface area is 471 Å². The molecule has 11 nitrogen and oxygen atoms in total. The van der Waals surface area contributed by atoms with Crippen LogP contribution in [0.5, 0.6) is 0 Å². The maximum absolute atomic E-state index is 13.0. The molecule has 6 N–H and O–H groups in total. The molecule has 6 rings (SSSR count). The third-order valence-electron chi connectivity index (χ3n) is 12.0. The Morgan fingerprint density at radius 2 is 0.973 bits per heavy atom. The lowest BCUT2D eigenvalue weighted by Gasteiger charge is -2.21. The van der Waals surface area contributed by atoms with Crippen LogP contribution in [-0.2, 0) is 54.8 Å². The fourth-order valence-corrected chi connectivity index (χ4v) is 9.52. The molecule has 17 heteroatoms. The van der Waals surface area contributed by atoms with Crippen molar-refractivity contribution in [2.75, 3.05) is 79.5 Å². The van der Waals surface area contributed by atoms with Gasteiger partial charge in [-0.3, -0.25) is 4.90 Å². The second kappa shape index (κ2) is 37.4. The highest BCUT2D eigenvalue weighted by atomic mass is 35.7. The van der Waals surface area contributed by atoms with Crippen LogP contribution in [0.15, 0.2) is 143 Å². The molecule has 0 radical (unpaired) electrons. The molecule has 75 heavy (non-hydrogen) atoms. The third-order valence-corrected chi connectivity index (χ3v) is 15.2. The number of benzene rings is 6. The number of likely N-dealkylation sites (N-methyl/N-ethyl adjacent to an activating group) is 1. The summed E-state index contributed by atoms with van der Waals surface area (Å²) < 4.78 is 49.3. The van der Waals surface area contributed by atoms with Gasteiger partial charge in [0.1, 0.15) is 0 Å². The van der Waals surface area contributed by atoms with Crippen LogP contribution in [0.2, 0.25) is 0 Å². The van der Waals surface area contributed by atoms with Gasteiger partial charge in [-0.1, -0.05) is 190 Å². The molecule has 0 saturated heterocycles. The van der Waals surface area contributed by atoms with Crippen LogP contribution < -0.4 is 22.1 Å². The van der Waals surface area contributed by atoms with E-state index in [0.29, 0.717) is 24.5 Å². The summed E-state index contributed by atoms with van der Waals surface area (Å²) in [4.78, 5) is 5.13. The van der Waals surface area contributed by atoms with E-state index < -0.39 is 19.1 Å². The quantitative estimate of drug-likeness (QED) is 0.0369. The molecule has 0 atom stereocenters. The van der Waals surface area contributed by atoms with E-state index in [2.05, 4.69) is 152 Å². The zero-order valence-electron chi connectivity index (χ0n) is 46.8. The Morgan fingerprint density at radius 3 is 1.35 bits per heavy atom. The maximum Gasteiger partial charge on any atom is 0.261 e. The Kier molecular flexibility index (Phi) is 35.7. The number of nitrogens with zero attached hydrogens (tertiary/aromatic N) is 3. The van der Waals surface area contributed by atoms with E-state index in [0.717, 1.165) is 66.7 Å². The van der Waals surface area contributed by atoms with E-state index in [4.69, 9.17) is 22.1 Å². The zero-order valence-corrected chi connectivity index (χ0v) is 51.8. The predicted molar refractivity (Wildman–Crippen MR) is 332 cm³/mol. The summed E-state index contributed by atoms with van der Waals surface area (Å²) in [7, 11) is 4.23. The number of nitrogens with one attached hydrogen (secondary N) is 2. The average Bonchev–Trinajstić information content (AvgIpc) is 3.38. The lowest BCUT2D eigenvalue weighted by molar-refractivity contribution is 0.289. The molecule has 418 valence electrons. The summed E-state index contributed by atoms with van der Waals surface area (Å²) in [6, 6.07) is 42.8. The number of fused-ring (bicyclic) bond motifs is 2. The van der Waals surface area contributed by atoms with Gasteiger partial charge in [0, 0.05) is 70.1 Å². The summed E-state index contributed by atoms with van der Waals surface area (Å²) in [6.45, 7) is 32.5. The molecule has 0 fully saturated rings. The van der Waals surface area contributed by atoms with Crippen molar-refractivity contribution in [2.24, 2.45) is 11.5 Å². The van der Waals surface area contributed by atoms with Gasteiger partial charge in [-0.15, -0.1) is 12.4 Å². The van der Waals surface area contributed by atoms with E-state index in [-0.39, 0.29) is 28.1 Å². The third kappa shape index (κ3) is 26.2. The molecule has 0 amide bonds. The summed E-state index contributed by atoms with van der Waals surface area (Å²) in [5.74, 6) is 0.